The van der Waals surface area contributed by atoms with Gasteiger partial charge in [0.15, 0.2) is 0 Å². The molecule has 0 aromatic rings. The van der Waals surface area contributed by atoms with E-state index >= 15 is 0 Å². The molecule has 0 aromatic heterocycles. The van der Waals surface area contributed by atoms with Crippen LogP contribution in [0.1, 0.15) is 72.6 Å². The predicted molar refractivity (Wildman–Crippen MR) is 85.4 cm³/mol. The lowest BCUT2D eigenvalue weighted by atomic mass is 9.87. The van der Waals surface area contributed by atoms with E-state index in [9.17, 15) is 9.59 Å². The number of aliphatic carboxylic acids is 1. The van der Waals surface area contributed by atoms with Gasteiger partial charge in [0.05, 0.1) is 0 Å². The maximum atomic E-state index is 11.8. The fourth-order valence-corrected chi connectivity index (χ4v) is 2.17. The molecule has 0 saturated heterocycles. The second-order valence-corrected chi connectivity index (χ2v) is 6.64. The van der Waals surface area contributed by atoms with Gasteiger partial charge in [-0.05, 0) is 31.6 Å². The molecule has 0 bridgehead atoms. The SMILES string of the molecule is CCCCCC(C)(C)CNC(=O)NC(C)CCCC(=O)O. The van der Waals surface area contributed by atoms with Crippen LogP contribution in [0.4, 0.5) is 4.79 Å². The highest BCUT2D eigenvalue weighted by molar-refractivity contribution is 5.74. The number of hydrogen-bond donors (Lipinski definition) is 3. The molecule has 5 nitrogen and oxygen atoms in total. The summed E-state index contributed by atoms with van der Waals surface area (Å²) in [5.74, 6) is -0.791. The van der Waals surface area contributed by atoms with Crippen LogP contribution in [0.2, 0.25) is 0 Å². The van der Waals surface area contributed by atoms with Gasteiger partial charge in [-0.2, -0.15) is 0 Å². The van der Waals surface area contributed by atoms with Crippen LogP contribution in [0.3, 0.4) is 0 Å². The lowest BCUT2D eigenvalue weighted by molar-refractivity contribution is -0.137. The van der Waals surface area contributed by atoms with Gasteiger partial charge in [-0.3, -0.25) is 4.79 Å². The Morgan fingerprint density at radius 1 is 1.19 bits per heavy atom. The van der Waals surface area contributed by atoms with Crippen LogP contribution in [0.25, 0.3) is 0 Å². The van der Waals surface area contributed by atoms with E-state index in [0.717, 1.165) is 6.42 Å². The zero-order chi connectivity index (χ0) is 16.3. The molecule has 0 rings (SSSR count). The molecule has 1 atom stereocenters. The summed E-state index contributed by atoms with van der Waals surface area (Å²) >= 11 is 0. The predicted octanol–water partition coefficient (Wildman–Crippen LogP) is 3.54. The van der Waals surface area contributed by atoms with Gasteiger partial charge in [0, 0.05) is 19.0 Å². The average Bonchev–Trinajstić information content (AvgIpc) is 2.36. The third-order valence-electron chi connectivity index (χ3n) is 3.59. The van der Waals surface area contributed by atoms with Gasteiger partial charge in [0.25, 0.3) is 0 Å². The van der Waals surface area contributed by atoms with Crippen molar-refractivity contribution in [1.29, 1.82) is 0 Å². The first kappa shape index (κ1) is 19.7. The maximum absolute atomic E-state index is 11.8. The lowest BCUT2D eigenvalue weighted by Crippen LogP contribution is -2.44. The second kappa shape index (κ2) is 10.5. The Hall–Kier alpha value is -1.26. The first-order valence-corrected chi connectivity index (χ1v) is 8.03. The molecule has 1 unspecified atom stereocenters. The number of amides is 2. The molecule has 3 N–H and O–H groups in total. The molecule has 124 valence electrons. The van der Waals surface area contributed by atoms with Crippen molar-refractivity contribution in [2.24, 2.45) is 5.41 Å². The molecule has 2 amide bonds. The van der Waals surface area contributed by atoms with Crippen LogP contribution >= 0.6 is 0 Å². The van der Waals surface area contributed by atoms with E-state index in [1.54, 1.807) is 0 Å². The Labute approximate surface area is 128 Å². The molecule has 0 saturated carbocycles. The molecule has 5 heteroatoms. The number of carboxylic acid groups (broad SMARTS) is 1. The Bertz CT molecular complexity index is 317. The highest BCUT2D eigenvalue weighted by Crippen LogP contribution is 2.22. The van der Waals surface area contributed by atoms with E-state index in [2.05, 4.69) is 31.4 Å². The molecule has 0 aromatic carbocycles. The van der Waals surface area contributed by atoms with Crippen molar-refractivity contribution in [2.45, 2.75) is 78.7 Å². The minimum atomic E-state index is -0.791. The monoisotopic (exact) mass is 300 g/mol. The number of unbranched alkanes of at least 4 members (excludes halogenated alkanes) is 2. The van der Waals surface area contributed by atoms with E-state index in [4.69, 9.17) is 5.11 Å². The van der Waals surface area contributed by atoms with Gasteiger partial charge >= 0.3 is 12.0 Å². The van der Waals surface area contributed by atoms with Gasteiger partial charge in [0.2, 0.25) is 0 Å². The summed E-state index contributed by atoms with van der Waals surface area (Å²) in [4.78, 5) is 22.2. The van der Waals surface area contributed by atoms with Crippen molar-refractivity contribution < 1.29 is 14.7 Å². The number of rotatable bonds is 11. The van der Waals surface area contributed by atoms with E-state index in [1.807, 2.05) is 6.92 Å². The van der Waals surface area contributed by atoms with E-state index in [1.165, 1.54) is 19.3 Å². The van der Waals surface area contributed by atoms with Crippen LogP contribution in [0.15, 0.2) is 0 Å². The van der Waals surface area contributed by atoms with Crippen molar-refractivity contribution in [1.82, 2.24) is 10.6 Å². The highest BCUT2D eigenvalue weighted by Gasteiger charge is 2.18. The topological polar surface area (TPSA) is 78.4 Å². The van der Waals surface area contributed by atoms with Crippen LogP contribution in [-0.4, -0.2) is 29.7 Å². The molecule has 0 aliphatic heterocycles. The number of urea groups is 1. The summed E-state index contributed by atoms with van der Waals surface area (Å²) in [6.45, 7) is 9.07. The molecule has 0 fully saturated rings. The number of carboxylic acids is 1. The maximum Gasteiger partial charge on any atom is 0.315 e. The van der Waals surface area contributed by atoms with Gasteiger partial charge in [-0.1, -0.05) is 40.0 Å². The van der Waals surface area contributed by atoms with Gasteiger partial charge in [-0.25, -0.2) is 4.79 Å². The minimum Gasteiger partial charge on any atom is -0.481 e. The van der Waals surface area contributed by atoms with E-state index in [0.29, 0.717) is 19.4 Å². The fraction of sp³-hybridized carbons (Fsp3) is 0.875. The molecule has 21 heavy (non-hydrogen) atoms. The zero-order valence-corrected chi connectivity index (χ0v) is 14.0. The second-order valence-electron chi connectivity index (χ2n) is 6.64. The van der Waals surface area contributed by atoms with Gasteiger partial charge in [-0.15, -0.1) is 0 Å². The number of carbonyl (C=O) groups is 2. The van der Waals surface area contributed by atoms with Crippen molar-refractivity contribution in [2.75, 3.05) is 6.54 Å². The molecular formula is C16H32N2O3. The Morgan fingerprint density at radius 2 is 1.86 bits per heavy atom. The first-order valence-electron chi connectivity index (χ1n) is 8.03. The minimum absolute atomic E-state index is 0.00689. The molecule has 0 aliphatic rings. The summed E-state index contributed by atoms with van der Waals surface area (Å²) in [7, 11) is 0. The highest BCUT2D eigenvalue weighted by atomic mass is 16.4. The first-order chi connectivity index (χ1) is 9.76. The largest absolute Gasteiger partial charge is 0.481 e. The summed E-state index contributed by atoms with van der Waals surface area (Å²) < 4.78 is 0. The van der Waals surface area contributed by atoms with Gasteiger partial charge in [0.1, 0.15) is 0 Å². The van der Waals surface area contributed by atoms with Crippen molar-refractivity contribution >= 4 is 12.0 Å². The summed E-state index contributed by atoms with van der Waals surface area (Å²) in [6, 6.07) is -0.172. The van der Waals surface area contributed by atoms with Crippen LogP contribution < -0.4 is 10.6 Å². The van der Waals surface area contributed by atoms with Crippen molar-refractivity contribution in [3.8, 4) is 0 Å². The van der Waals surface area contributed by atoms with Crippen LogP contribution in [-0.2, 0) is 4.79 Å². The fourth-order valence-electron chi connectivity index (χ4n) is 2.17. The Balaban J connectivity index is 3.84. The smallest absolute Gasteiger partial charge is 0.315 e. The summed E-state index contributed by atoms with van der Waals surface area (Å²) in [6.07, 6.45) is 6.15. The number of nitrogens with one attached hydrogen (secondary N) is 2. The summed E-state index contributed by atoms with van der Waals surface area (Å²) in [5.41, 5.74) is 0.110. The molecule has 0 heterocycles. The standard InChI is InChI=1S/C16H32N2O3/c1-5-6-7-11-16(3,4)12-17-15(21)18-13(2)9-8-10-14(19)20/h13H,5-12H2,1-4H3,(H,19,20)(H2,17,18,21). The Morgan fingerprint density at radius 3 is 2.43 bits per heavy atom. The van der Waals surface area contributed by atoms with Gasteiger partial charge < -0.3 is 15.7 Å². The Kier molecular flexibility index (Phi) is 9.84. The lowest BCUT2D eigenvalue weighted by Gasteiger charge is -2.25. The van der Waals surface area contributed by atoms with E-state index < -0.39 is 5.97 Å². The number of hydrogen-bond acceptors (Lipinski definition) is 2. The summed E-state index contributed by atoms with van der Waals surface area (Å²) in [5, 5.41) is 14.3. The van der Waals surface area contributed by atoms with Crippen LogP contribution in [0, 0.1) is 5.41 Å². The normalized spacial score (nSPS) is 12.8. The molecule has 0 aliphatic carbocycles. The van der Waals surface area contributed by atoms with Crippen LogP contribution in [0.5, 0.6) is 0 Å². The number of carbonyl (C=O) groups excluding carboxylic acids is 1. The average molecular weight is 300 g/mol. The van der Waals surface area contributed by atoms with Crippen molar-refractivity contribution in [3.05, 3.63) is 0 Å². The molecule has 0 radical (unpaired) electrons. The molecular weight excluding hydrogens is 268 g/mol. The molecule has 0 spiro atoms. The van der Waals surface area contributed by atoms with E-state index in [-0.39, 0.29) is 23.9 Å². The zero-order valence-electron chi connectivity index (χ0n) is 14.0. The third-order valence-corrected chi connectivity index (χ3v) is 3.59. The van der Waals surface area contributed by atoms with Crippen molar-refractivity contribution in [3.63, 3.8) is 0 Å². The third kappa shape index (κ3) is 12.2. The quantitative estimate of drug-likeness (QED) is 0.511.